The van der Waals surface area contributed by atoms with E-state index in [1.165, 1.54) is 0 Å². The van der Waals surface area contributed by atoms with E-state index in [-0.39, 0.29) is 0 Å². The fraction of sp³-hybridized carbons (Fsp3) is 0.154. The molecule has 3 nitrogen and oxygen atoms in total. The second-order valence-electron chi connectivity index (χ2n) is 3.77. The number of halogens is 1. The van der Waals surface area contributed by atoms with E-state index in [9.17, 15) is 0 Å². The van der Waals surface area contributed by atoms with Crippen LogP contribution in [0.2, 0.25) is 5.02 Å². The summed E-state index contributed by atoms with van der Waals surface area (Å²) in [5, 5.41) is 0.702. The van der Waals surface area contributed by atoms with Crippen molar-refractivity contribution in [1.29, 1.82) is 0 Å². The number of aryl methyl sites for hydroxylation is 1. The lowest BCUT2D eigenvalue weighted by Gasteiger charge is -2.05. The molecule has 1 heterocycles. The zero-order valence-corrected chi connectivity index (χ0v) is 10.2. The number of aromatic nitrogens is 2. The molecular weight excluding hydrogens is 234 g/mol. The molecular formula is C13H12ClN3. The van der Waals surface area contributed by atoms with Gasteiger partial charge in [0.1, 0.15) is 11.5 Å². The maximum absolute atomic E-state index is 6.00. The summed E-state index contributed by atoms with van der Waals surface area (Å²) in [6, 6.07) is 5.62. The van der Waals surface area contributed by atoms with E-state index in [1.54, 1.807) is 10.9 Å². The van der Waals surface area contributed by atoms with Gasteiger partial charge in [0.25, 0.3) is 0 Å². The highest BCUT2D eigenvalue weighted by molar-refractivity contribution is 6.30. The Balaban J connectivity index is 2.50. The zero-order valence-electron chi connectivity index (χ0n) is 9.44. The lowest BCUT2D eigenvalue weighted by Crippen LogP contribution is -2.00. The number of nitrogens with two attached hydrogens (primary N) is 1. The molecule has 0 bridgehead atoms. The van der Waals surface area contributed by atoms with Crippen molar-refractivity contribution >= 4 is 17.4 Å². The van der Waals surface area contributed by atoms with Crippen LogP contribution in [-0.4, -0.2) is 9.55 Å². The molecule has 0 aliphatic carbocycles. The molecule has 0 fully saturated rings. The standard InChI is InChI=1S/C13H12ClN3/c1-3-6-17-8-16-12(13(17)15)11-5-4-10(14)7-9(11)2/h1,4-5,7-8H,6,15H2,2H3. The first-order valence-corrected chi connectivity index (χ1v) is 5.52. The average Bonchev–Trinajstić information content (AvgIpc) is 2.62. The van der Waals surface area contributed by atoms with Crippen LogP contribution in [0.5, 0.6) is 0 Å². The van der Waals surface area contributed by atoms with Gasteiger partial charge in [-0.3, -0.25) is 0 Å². The molecule has 0 aliphatic rings. The maximum Gasteiger partial charge on any atom is 0.132 e. The number of hydrogen-bond donors (Lipinski definition) is 1. The van der Waals surface area contributed by atoms with Gasteiger partial charge in [0.05, 0.1) is 12.9 Å². The summed E-state index contributed by atoms with van der Waals surface area (Å²) in [6.45, 7) is 2.40. The monoisotopic (exact) mass is 245 g/mol. The van der Waals surface area contributed by atoms with Crippen LogP contribution in [0.1, 0.15) is 5.56 Å². The first-order chi connectivity index (χ1) is 8.13. The van der Waals surface area contributed by atoms with Crippen molar-refractivity contribution in [2.75, 3.05) is 5.73 Å². The number of rotatable bonds is 2. The molecule has 2 rings (SSSR count). The Labute approximate surface area is 105 Å². The van der Waals surface area contributed by atoms with Crippen LogP contribution >= 0.6 is 11.6 Å². The number of nitrogen functional groups attached to an aromatic ring is 1. The third-order valence-electron chi connectivity index (χ3n) is 2.58. The highest BCUT2D eigenvalue weighted by Gasteiger charge is 2.11. The highest BCUT2D eigenvalue weighted by atomic mass is 35.5. The second-order valence-corrected chi connectivity index (χ2v) is 4.21. The largest absolute Gasteiger partial charge is 0.383 e. The van der Waals surface area contributed by atoms with E-state index in [1.807, 2.05) is 25.1 Å². The van der Waals surface area contributed by atoms with Gasteiger partial charge in [-0.05, 0) is 24.6 Å². The lowest BCUT2D eigenvalue weighted by atomic mass is 10.1. The quantitative estimate of drug-likeness (QED) is 0.827. The third kappa shape index (κ3) is 2.13. The van der Waals surface area contributed by atoms with Crippen LogP contribution in [0.4, 0.5) is 5.82 Å². The SMILES string of the molecule is C#CCn1cnc(-c2ccc(Cl)cc2C)c1N. The van der Waals surface area contributed by atoms with Gasteiger partial charge in [-0.2, -0.15) is 0 Å². The van der Waals surface area contributed by atoms with Crippen molar-refractivity contribution < 1.29 is 0 Å². The van der Waals surface area contributed by atoms with Gasteiger partial charge in [-0.1, -0.05) is 23.6 Å². The zero-order chi connectivity index (χ0) is 12.4. The second kappa shape index (κ2) is 4.52. The van der Waals surface area contributed by atoms with Gasteiger partial charge in [0, 0.05) is 10.6 Å². The normalized spacial score (nSPS) is 10.2. The molecule has 0 amide bonds. The van der Waals surface area contributed by atoms with Crippen molar-refractivity contribution in [3.05, 3.63) is 35.1 Å². The Bertz CT molecular complexity index is 593. The van der Waals surface area contributed by atoms with E-state index < -0.39 is 0 Å². The molecule has 0 spiro atoms. The molecule has 2 aromatic rings. The molecule has 0 aliphatic heterocycles. The van der Waals surface area contributed by atoms with Crippen molar-refractivity contribution in [1.82, 2.24) is 9.55 Å². The van der Waals surface area contributed by atoms with Crippen LogP contribution in [-0.2, 0) is 6.54 Å². The molecule has 0 saturated carbocycles. The van der Waals surface area contributed by atoms with Gasteiger partial charge in [-0.25, -0.2) is 4.98 Å². The van der Waals surface area contributed by atoms with Gasteiger partial charge in [-0.15, -0.1) is 6.42 Å². The smallest absolute Gasteiger partial charge is 0.132 e. The van der Waals surface area contributed by atoms with Crippen molar-refractivity contribution in [2.45, 2.75) is 13.5 Å². The number of anilines is 1. The van der Waals surface area contributed by atoms with Gasteiger partial charge < -0.3 is 10.3 Å². The van der Waals surface area contributed by atoms with Crippen LogP contribution in [0, 0.1) is 19.3 Å². The minimum absolute atomic E-state index is 0.422. The average molecular weight is 246 g/mol. The van der Waals surface area contributed by atoms with Crippen molar-refractivity contribution in [2.24, 2.45) is 0 Å². The van der Waals surface area contributed by atoms with E-state index in [0.717, 1.165) is 16.8 Å². The first kappa shape index (κ1) is 11.6. The summed E-state index contributed by atoms with van der Waals surface area (Å²) < 4.78 is 1.74. The lowest BCUT2D eigenvalue weighted by molar-refractivity contribution is 0.852. The molecule has 1 aromatic carbocycles. The molecule has 17 heavy (non-hydrogen) atoms. The molecule has 0 atom stereocenters. The van der Waals surface area contributed by atoms with Crippen LogP contribution in [0.3, 0.4) is 0 Å². The number of hydrogen-bond acceptors (Lipinski definition) is 2. The number of terminal acetylenes is 1. The molecule has 4 heteroatoms. The Morgan fingerprint density at radius 2 is 2.29 bits per heavy atom. The summed E-state index contributed by atoms with van der Waals surface area (Å²) in [4.78, 5) is 4.29. The van der Waals surface area contributed by atoms with E-state index in [0.29, 0.717) is 17.4 Å². The Kier molecular flexibility index (Phi) is 3.08. The summed E-state index contributed by atoms with van der Waals surface area (Å²) in [5.41, 5.74) is 8.76. The first-order valence-electron chi connectivity index (χ1n) is 5.14. The van der Waals surface area contributed by atoms with Crippen LogP contribution in [0.15, 0.2) is 24.5 Å². The number of nitrogens with zero attached hydrogens (tertiary/aromatic N) is 2. The minimum atomic E-state index is 0.422. The Hall–Kier alpha value is -1.92. The predicted molar refractivity (Wildman–Crippen MR) is 70.7 cm³/mol. The van der Waals surface area contributed by atoms with E-state index in [4.69, 9.17) is 23.8 Å². The molecule has 0 radical (unpaired) electrons. The summed E-state index contributed by atoms with van der Waals surface area (Å²) >= 11 is 5.92. The van der Waals surface area contributed by atoms with Crippen LogP contribution in [0.25, 0.3) is 11.3 Å². The molecule has 86 valence electrons. The summed E-state index contributed by atoms with van der Waals surface area (Å²) in [7, 11) is 0. The summed E-state index contributed by atoms with van der Waals surface area (Å²) in [5.74, 6) is 3.11. The fourth-order valence-electron chi connectivity index (χ4n) is 1.72. The molecule has 0 unspecified atom stereocenters. The van der Waals surface area contributed by atoms with Crippen molar-refractivity contribution in [3.8, 4) is 23.6 Å². The summed E-state index contributed by atoms with van der Waals surface area (Å²) in [6.07, 6.45) is 6.91. The van der Waals surface area contributed by atoms with Gasteiger partial charge >= 0.3 is 0 Å². The molecule has 1 aromatic heterocycles. The predicted octanol–water partition coefficient (Wildman–Crippen LogP) is 2.73. The van der Waals surface area contributed by atoms with Crippen molar-refractivity contribution in [3.63, 3.8) is 0 Å². The topological polar surface area (TPSA) is 43.8 Å². The fourth-order valence-corrected chi connectivity index (χ4v) is 1.94. The van der Waals surface area contributed by atoms with E-state index in [2.05, 4.69) is 10.9 Å². The third-order valence-corrected chi connectivity index (χ3v) is 2.82. The Morgan fingerprint density at radius 3 is 2.94 bits per heavy atom. The van der Waals surface area contributed by atoms with Gasteiger partial charge in [0.2, 0.25) is 0 Å². The molecule has 2 N–H and O–H groups in total. The Morgan fingerprint density at radius 1 is 1.53 bits per heavy atom. The van der Waals surface area contributed by atoms with E-state index >= 15 is 0 Å². The maximum atomic E-state index is 6.00. The molecule has 0 saturated heterocycles. The number of imidazole rings is 1. The number of benzene rings is 1. The highest BCUT2D eigenvalue weighted by Crippen LogP contribution is 2.28. The van der Waals surface area contributed by atoms with Gasteiger partial charge in [0.15, 0.2) is 0 Å². The van der Waals surface area contributed by atoms with Crippen LogP contribution < -0.4 is 5.73 Å². The minimum Gasteiger partial charge on any atom is -0.383 e.